The number of para-hydroxylation sites is 1. The third-order valence-corrected chi connectivity index (χ3v) is 3.91. The van der Waals surface area contributed by atoms with E-state index < -0.39 is 0 Å². The number of hydrogen-bond acceptors (Lipinski definition) is 4. The molecule has 1 aromatic heterocycles. The highest BCUT2D eigenvalue weighted by Crippen LogP contribution is 2.28. The summed E-state index contributed by atoms with van der Waals surface area (Å²) in [7, 11) is 0. The highest BCUT2D eigenvalue weighted by molar-refractivity contribution is 5.67. The zero-order valence-electron chi connectivity index (χ0n) is 15.9. The van der Waals surface area contributed by atoms with E-state index in [4.69, 9.17) is 9.97 Å². The molecule has 0 unspecified atom stereocenters. The van der Waals surface area contributed by atoms with E-state index in [0.717, 1.165) is 35.3 Å². The lowest BCUT2D eigenvalue weighted by molar-refractivity contribution is 0.630. The first kappa shape index (κ1) is 17.9. The van der Waals surface area contributed by atoms with E-state index in [2.05, 4.69) is 50.0 Å². The number of aromatic nitrogens is 2. The van der Waals surface area contributed by atoms with Crippen LogP contribution in [0.1, 0.15) is 27.7 Å². The maximum absolute atomic E-state index is 4.86. The van der Waals surface area contributed by atoms with Crippen LogP contribution >= 0.6 is 0 Å². The van der Waals surface area contributed by atoms with Gasteiger partial charge in [-0.1, -0.05) is 48.5 Å². The zero-order chi connectivity index (χ0) is 18.6. The van der Waals surface area contributed by atoms with Crippen molar-refractivity contribution >= 4 is 17.3 Å². The summed E-state index contributed by atoms with van der Waals surface area (Å²) in [5, 5.41) is 3.48. The van der Waals surface area contributed by atoms with Gasteiger partial charge in [-0.25, -0.2) is 9.97 Å². The summed E-state index contributed by atoms with van der Waals surface area (Å²) in [6, 6.07) is 22.5. The quantitative estimate of drug-likeness (QED) is 0.661. The van der Waals surface area contributed by atoms with Gasteiger partial charge in [0.1, 0.15) is 11.6 Å². The minimum atomic E-state index is -0.0800. The molecule has 4 nitrogen and oxygen atoms in total. The number of rotatable bonds is 5. The molecule has 1 N–H and O–H groups in total. The molecule has 0 aliphatic rings. The second-order valence-corrected chi connectivity index (χ2v) is 7.26. The minimum Gasteiger partial charge on any atom is -0.365 e. The topological polar surface area (TPSA) is 41.0 Å². The Labute approximate surface area is 155 Å². The Morgan fingerprint density at radius 1 is 0.885 bits per heavy atom. The van der Waals surface area contributed by atoms with E-state index in [-0.39, 0.29) is 5.54 Å². The molecule has 0 fully saturated rings. The summed E-state index contributed by atoms with van der Waals surface area (Å²) in [6.07, 6.45) is 0. The molecular weight excluding hydrogens is 320 g/mol. The van der Waals surface area contributed by atoms with Gasteiger partial charge in [-0.3, -0.25) is 0 Å². The van der Waals surface area contributed by atoms with Crippen molar-refractivity contribution in [2.75, 3.05) is 16.8 Å². The van der Waals surface area contributed by atoms with Gasteiger partial charge in [-0.15, -0.1) is 0 Å². The highest BCUT2D eigenvalue weighted by atomic mass is 15.2. The molecule has 2 aromatic carbocycles. The third kappa shape index (κ3) is 4.39. The molecule has 0 amide bonds. The van der Waals surface area contributed by atoms with E-state index in [9.17, 15) is 0 Å². The molecule has 1 heterocycles. The smallest absolute Gasteiger partial charge is 0.163 e. The van der Waals surface area contributed by atoms with Gasteiger partial charge in [0.25, 0.3) is 0 Å². The van der Waals surface area contributed by atoms with Gasteiger partial charge in [0, 0.05) is 29.4 Å². The maximum atomic E-state index is 4.86. The summed E-state index contributed by atoms with van der Waals surface area (Å²) in [6.45, 7) is 9.35. The van der Waals surface area contributed by atoms with E-state index in [1.165, 1.54) is 0 Å². The molecule has 3 aromatic rings. The molecule has 0 aliphatic heterocycles. The zero-order valence-corrected chi connectivity index (χ0v) is 15.9. The second-order valence-electron chi connectivity index (χ2n) is 7.26. The summed E-state index contributed by atoms with van der Waals surface area (Å²) >= 11 is 0. The number of benzene rings is 2. The van der Waals surface area contributed by atoms with Crippen LogP contribution in [-0.2, 0) is 0 Å². The Morgan fingerprint density at radius 3 is 2.08 bits per heavy atom. The SMILES string of the molecule is CCN(c1ccccc1)c1cc(NC(C)(C)C)nc(-c2ccccc2)n1. The van der Waals surface area contributed by atoms with Crippen LogP contribution in [0.3, 0.4) is 0 Å². The standard InChI is InChI=1S/C22H26N4/c1-5-26(18-14-10-7-11-15-18)20-16-19(25-22(2,3)4)23-21(24-20)17-12-8-6-9-13-17/h6-16H,5H2,1-4H3,(H,23,24,25). The fourth-order valence-corrected chi connectivity index (χ4v) is 2.82. The predicted octanol–water partition coefficient (Wildman–Crippen LogP) is 5.51. The van der Waals surface area contributed by atoms with Crippen LogP contribution in [0.25, 0.3) is 11.4 Å². The van der Waals surface area contributed by atoms with Gasteiger partial charge in [0.2, 0.25) is 0 Å². The Balaban J connectivity index is 2.10. The van der Waals surface area contributed by atoms with E-state index in [1.54, 1.807) is 0 Å². The summed E-state index contributed by atoms with van der Waals surface area (Å²) in [4.78, 5) is 11.8. The minimum absolute atomic E-state index is 0.0800. The number of nitrogens with zero attached hydrogens (tertiary/aromatic N) is 3. The van der Waals surface area contributed by atoms with Crippen molar-refractivity contribution in [3.05, 3.63) is 66.7 Å². The average Bonchev–Trinajstić information content (AvgIpc) is 2.62. The van der Waals surface area contributed by atoms with Crippen molar-refractivity contribution in [1.82, 2.24) is 9.97 Å². The van der Waals surface area contributed by atoms with Gasteiger partial charge in [-0.05, 0) is 39.8 Å². The van der Waals surface area contributed by atoms with Crippen LogP contribution in [0.15, 0.2) is 66.7 Å². The fourth-order valence-electron chi connectivity index (χ4n) is 2.82. The van der Waals surface area contributed by atoms with Gasteiger partial charge >= 0.3 is 0 Å². The van der Waals surface area contributed by atoms with E-state index >= 15 is 0 Å². The average molecular weight is 346 g/mol. The van der Waals surface area contributed by atoms with Gasteiger partial charge in [0.15, 0.2) is 5.82 Å². The first-order valence-corrected chi connectivity index (χ1v) is 9.01. The molecule has 0 atom stereocenters. The van der Waals surface area contributed by atoms with Gasteiger partial charge in [0.05, 0.1) is 0 Å². The van der Waals surface area contributed by atoms with Crippen molar-refractivity contribution in [1.29, 1.82) is 0 Å². The van der Waals surface area contributed by atoms with Crippen LogP contribution in [-0.4, -0.2) is 22.1 Å². The Morgan fingerprint density at radius 2 is 1.50 bits per heavy atom. The van der Waals surface area contributed by atoms with Crippen LogP contribution in [0.5, 0.6) is 0 Å². The number of anilines is 3. The first-order valence-electron chi connectivity index (χ1n) is 9.01. The summed E-state index contributed by atoms with van der Waals surface area (Å²) in [5.41, 5.74) is 2.05. The van der Waals surface area contributed by atoms with E-state index in [1.807, 2.05) is 54.6 Å². The van der Waals surface area contributed by atoms with Crippen molar-refractivity contribution in [3.8, 4) is 11.4 Å². The first-order chi connectivity index (χ1) is 12.5. The van der Waals surface area contributed by atoms with Crippen LogP contribution in [0.4, 0.5) is 17.3 Å². The highest BCUT2D eigenvalue weighted by Gasteiger charge is 2.16. The van der Waals surface area contributed by atoms with E-state index in [0.29, 0.717) is 0 Å². The van der Waals surface area contributed by atoms with Crippen LogP contribution < -0.4 is 10.2 Å². The Hall–Kier alpha value is -2.88. The normalized spacial score (nSPS) is 11.2. The van der Waals surface area contributed by atoms with Crippen molar-refractivity contribution in [2.45, 2.75) is 33.2 Å². The van der Waals surface area contributed by atoms with Crippen molar-refractivity contribution < 1.29 is 0 Å². The van der Waals surface area contributed by atoms with Crippen LogP contribution in [0, 0.1) is 0 Å². The lowest BCUT2D eigenvalue weighted by Crippen LogP contribution is -2.27. The molecule has 0 aliphatic carbocycles. The Kier molecular flexibility index (Phi) is 5.21. The molecule has 4 heteroatoms. The largest absolute Gasteiger partial charge is 0.365 e. The van der Waals surface area contributed by atoms with Crippen molar-refractivity contribution in [3.63, 3.8) is 0 Å². The predicted molar refractivity (Wildman–Crippen MR) is 110 cm³/mol. The summed E-state index contributed by atoms with van der Waals surface area (Å²) < 4.78 is 0. The molecule has 0 radical (unpaired) electrons. The number of hydrogen-bond donors (Lipinski definition) is 1. The molecule has 0 spiro atoms. The number of nitrogens with one attached hydrogen (secondary N) is 1. The molecule has 3 rings (SSSR count). The van der Waals surface area contributed by atoms with Gasteiger partial charge < -0.3 is 10.2 Å². The Bertz CT molecular complexity index is 839. The molecule has 0 saturated heterocycles. The lowest BCUT2D eigenvalue weighted by Gasteiger charge is -2.26. The van der Waals surface area contributed by atoms with Gasteiger partial charge in [-0.2, -0.15) is 0 Å². The molecule has 0 saturated carbocycles. The molecule has 134 valence electrons. The molecule has 26 heavy (non-hydrogen) atoms. The van der Waals surface area contributed by atoms with Crippen molar-refractivity contribution in [2.24, 2.45) is 0 Å². The third-order valence-electron chi connectivity index (χ3n) is 3.91. The molecule has 0 bridgehead atoms. The fraction of sp³-hybridized carbons (Fsp3) is 0.273. The molecular formula is C22H26N4. The van der Waals surface area contributed by atoms with Crippen LogP contribution in [0.2, 0.25) is 0 Å². The monoisotopic (exact) mass is 346 g/mol. The summed E-state index contributed by atoms with van der Waals surface area (Å²) in [5.74, 6) is 2.44. The second kappa shape index (κ2) is 7.56. The lowest BCUT2D eigenvalue weighted by atomic mass is 10.1. The maximum Gasteiger partial charge on any atom is 0.163 e.